The molecule has 0 spiro atoms. The van der Waals surface area contributed by atoms with Gasteiger partial charge in [0.15, 0.2) is 0 Å². The highest BCUT2D eigenvalue weighted by Crippen LogP contribution is 2.25. The molecule has 1 saturated heterocycles. The van der Waals surface area contributed by atoms with Crippen LogP contribution in [0.5, 0.6) is 0 Å². The zero-order chi connectivity index (χ0) is 12.5. The van der Waals surface area contributed by atoms with Gasteiger partial charge in [0.25, 0.3) is 15.2 Å². The lowest BCUT2D eigenvalue weighted by molar-refractivity contribution is 0.192. The van der Waals surface area contributed by atoms with Crippen molar-refractivity contribution in [3.05, 3.63) is 5.82 Å². The molecular formula is C9H16N4O3S. The van der Waals surface area contributed by atoms with Gasteiger partial charge in [0.1, 0.15) is 5.82 Å². The zero-order valence-electron chi connectivity index (χ0n) is 9.66. The Morgan fingerprint density at radius 1 is 1.53 bits per heavy atom. The van der Waals surface area contributed by atoms with E-state index >= 15 is 0 Å². The zero-order valence-corrected chi connectivity index (χ0v) is 10.5. The van der Waals surface area contributed by atoms with Crippen molar-refractivity contribution in [3.63, 3.8) is 0 Å². The molecule has 0 saturated carbocycles. The van der Waals surface area contributed by atoms with Crippen LogP contribution in [0.1, 0.15) is 31.5 Å². The van der Waals surface area contributed by atoms with Crippen molar-refractivity contribution in [3.8, 4) is 0 Å². The second kappa shape index (κ2) is 4.71. The van der Waals surface area contributed by atoms with Crippen LogP contribution in [0.4, 0.5) is 0 Å². The molecular weight excluding hydrogens is 244 g/mol. The van der Waals surface area contributed by atoms with Crippen LogP contribution in [0, 0.1) is 0 Å². The fraction of sp³-hybridized carbons (Fsp3) is 0.778. The lowest BCUT2D eigenvalue weighted by atomic mass is 10.1. The van der Waals surface area contributed by atoms with Crippen molar-refractivity contribution in [1.29, 1.82) is 0 Å². The van der Waals surface area contributed by atoms with Gasteiger partial charge in [-0.2, -0.15) is 0 Å². The quantitative estimate of drug-likeness (QED) is 0.810. The van der Waals surface area contributed by atoms with Gasteiger partial charge in [-0.25, -0.2) is 13.6 Å². The van der Waals surface area contributed by atoms with E-state index in [9.17, 15) is 8.42 Å². The Morgan fingerprint density at radius 3 is 2.82 bits per heavy atom. The maximum atomic E-state index is 11.4. The molecule has 0 aromatic carbocycles. The summed E-state index contributed by atoms with van der Waals surface area (Å²) < 4.78 is 29.6. The first-order chi connectivity index (χ1) is 8.04. The van der Waals surface area contributed by atoms with Crippen molar-refractivity contribution in [2.45, 2.75) is 37.4 Å². The highest BCUT2D eigenvalue weighted by atomic mass is 32.2. The van der Waals surface area contributed by atoms with E-state index in [-0.39, 0.29) is 11.1 Å². The SMILES string of the molecule is CCCn1c(C2CCOC2)nnc1S(N)(=O)=O. The fourth-order valence-corrected chi connectivity index (χ4v) is 2.63. The molecule has 0 bridgehead atoms. The van der Waals surface area contributed by atoms with Crippen molar-refractivity contribution >= 4 is 10.0 Å². The van der Waals surface area contributed by atoms with E-state index in [0.717, 1.165) is 12.8 Å². The topological polar surface area (TPSA) is 100 Å². The lowest BCUT2D eigenvalue weighted by Gasteiger charge is -2.11. The van der Waals surface area contributed by atoms with Crippen LogP contribution in [0.3, 0.4) is 0 Å². The first kappa shape index (κ1) is 12.5. The molecule has 1 aliphatic rings. The van der Waals surface area contributed by atoms with Crippen molar-refractivity contribution < 1.29 is 13.2 Å². The molecule has 1 aromatic rings. The first-order valence-electron chi connectivity index (χ1n) is 5.57. The summed E-state index contributed by atoms with van der Waals surface area (Å²) in [6.07, 6.45) is 1.63. The smallest absolute Gasteiger partial charge is 0.273 e. The third kappa shape index (κ3) is 2.48. The maximum Gasteiger partial charge on any atom is 0.273 e. The predicted molar refractivity (Wildman–Crippen MR) is 59.9 cm³/mol. The maximum absolute atomic E-state index is 11.4. The van der Waals surface area contributed by atoms with E-state index in [2.05, 4.69) is 10.2 Å². The van der Waals surface area contributed by atoms with E-state index in [1.54, 1.807) is 4.57 Å². The summed E-state index contributed by atoms with van der Waals surface area (Å²) >= 11 is 0. The summed E-state index contributed by atoms with van der Waals surface area (Å²) in [6, 6.07) is 0. The Hall–Kier alpha value is -0.990. The largest absolute Gasteiger partial charge is 0.381 e. The minimum Gasteiger partial charge on any atom is -0.381 e. The monoisotopic (exact) mass is 260 g/mol. The summed E-state index contributed by atoms with van der Waals surface area (Å²) in [4.78, 5) is 0. The van der Waals surface area contributed by atoms with Crippen molar-refractivity contribution in [2.75, 3.05) is 13.2 Å². The lowest BCUT2D eigenvalue weighted by Crippen LogP contribution is -2.20. The highest BCUT2D eigenvalue weighted by Gasteiger charge is 2.28. The summed E-state index contributed by atoms with van der Waals surface area (Å²) in [5, 5.41) is 12.6. The van der Waals surface area contributed by atoms with Crippen molar-refractivity contribution in [1.82, 2.24) is 14.8 Å². The van der Waals surface area contributed by atoms with Crippen LogP contribution in [0.15, 0.2) is 5.16 Å². The number of nitrogens with zero attached hydrogens (tertiary/aromatic N) is 3. The molecule has 0 amide bonds. The van der Waals surface area contributed by atoms with Gasteiger partial charge in [-0.3, -0.25) is 0 Å². The van der Waals surface area contributed by atoms with Crippen LogP contribution in [0.25, 0.3) is 0 Å². The summed E-state index contributed by atoms with van der Waals surface area (Å²) in [7, 11) is -3.82. The molecule has 2 N–H and O–H groups in total. The predicted octanol–water partition coefficient (Wildman–Crippen LogP) is -0.161. The molecule has 1 unspecified atom stereocenters. The normalized spacial score (nSPS) is 20.9. The number of ether oxygens (including phenoxy) is 1. The molecule has 17 heavy (non-hydrogen) atoms. The van der Waals surface area contributed by atoms with Crippen LogP contribution >= 0.6 is 0 Å². The van der Waals surface area contributed by atoms with Gasteiger partial charge in [0.05, 0.1) is 6.61 Å². The highest BCUT2D eigenvalue weighted by molar-refractivity contribution is 7.89. The number of hydrogen-bond acceptors (Lipinski definition) is 5. The summed E-state index contributed by atoms with van der Waals surface area (Å²) in [5.41, 5.74) is 0. The van der Waals surface area contributed by atoms with Gasteiger partial charge >= 0.3 is 0 Å². The van der Waals surface area contributed by atoms with E-state index in [4.69, 9.17) is 9.88 Å². The molecule has 0 radical (unpaired) electrons. The van der Waals surface area contributed by atoms with Gasteiger partial charge in [-0.1, -0.05) is 6.92 Å². The van der Waals surface area contributed by atoms with Crippen LogP contribution in [-0.2, 0) is 21.3 Å². The fourth-order valence-electron chi connectivity index (χ4n) is 1.98. The standard InChI is InChI=1S/C9H16N4O3S/c1-2-4-13-8(7-3-5-16-6-7)11-12-9(13)17(10,14)15/h7H,2-6H2,1H3,(H2,10,14,15). The van der Waals surface area contributed by atoms with E-state index in [0.29, 0.717) is 25.6 Å². The first-order valence-corrected chi connectivity index (χ1v) is 7.12. The van der Waals surface area contributed by atoms with Crippen LogP contribution < -0.4 is 5.14 Å². The molecule has 96 valence electrons. The van der Waals surface area contributed by atoms with Crippen LogP contribution in [-0.4, -0.2) is 36.4 Å². The van der Waals surface area contributed by atoms with Crippen molar-refractivity contribution in [2.24, 2.45) is 5.14 Å². The second-order valence-electron chi connectivity index (χ2n) is 4.10. The van der Waals surface area contributed by atoms with Gasteiger partial charge in [0, 0.05) is 19.1 Å². The Balaban J connectivity index is 2.42. The van der Waals surface area contributed by atoms with Crippen LogP contribution in [0.2, 0.25) is 0 Å². The summed E-state index contributed by atoms with van der Waals surface area (Å²) in [6.45, 7) is 3.74. The minimum absolute atomic E-state index is 0.115. The minimum atomic E-state index is -3.82. The number of aromatic nitrogens is 3. The molecule has 2 heterocycles. The molecule has 1 aliphatic heterocycles. The summed E-state index contributed by atoms with van der Waals surface area (Å²) in [5.74, 6) is 0.776. The number of nitrogens with two attached hydrogens (primary N) is 1. The van der Waals surface area contributed by atoms with Gasteiger partial charge in [0.2, 0.25) is 0 Å². The molecule has 1 atom stereocenters. The number of hydrogen-bond donors (Lipinski definition) is 1. The molecule has 0 aliphatic carbocycles. The average molecular weight is 260 g/mol. The second-order valence-corrected chi connectivity index (χ2v) is 5.55. The Morgan fingerprint density at radius 2 is 2.29 bits per heavy atom. The van der Waals surface area contributed by atoms with E-state index in [1.807, 2.05) is 6.92 Å². The van der Waals surface area contributed by atoms with Gasteiger partial charge in [-0.15, -0.1) is 10.2 Å². The number of primary sulfonamides is 1. The molecule has 8 heteroatoms. The number of rotatable bonds is 4. The van der Waals surface area contributed by atoms with Gasteiger partial charge < -0.3 is 9.30 Å². The molecule has 1 aromatic heterocycles. The van der Waals surface area contributed by atoms with E-state index < -0.39 is 10.0 Å². The Labute approximate surface area is 100 Å². The molecule has 1 fully saturated rings. The van der Waals surface area contributed by atoms with E-state index in [1.165, 1.54) is 0 Å². The number of sulfonamides is 1. The van der Waals surface area contributed by atoms with Gasteiger partial charge in [-0.05, 0) is 12.8 Å². The Kier molecular flexibility index (Phi) is 3.45. The molecule has 7 nitrogen and oxygen atoms in total. The average Bonchev–Trinajstić information content (AvgIpc) is 2.82. The third-order valence-corrected chi connectivity index (χ3v) is 3.55. The third-order valence-electron chi connectivity index (χ3n) is 2.74. The Bertz CT molecular complexity index is 490. The molecule has 2 rings (SSSR count).